The van der Waals surface area contributed by atoms with E-state index < -0.39 is 0 Å². The van der Waals surface area contributed by atoms with E-state index in [2.05, 4.69) is 15.5 Å². The summed E-state index contributed by atoms with van der Waals surface area (Å²) in [6.07, 6.45) is 3.90. The van der Waals surface area contributed by atoms with Gasteiger partial charge in [-0.2, -0.15) is 0 Å². The summed E-state index contributed by atoms with van der Waals surface area (Å²) in [4.78, 5) is 16.5. The summed E-state index contributed by atoms with van der Waals surface area (Å²) in [6.45, 7) is 6.54. The molecule has 0 bridgehead atoms. The second-order valence-electron chi connectivity index (χ2n) is 7.51. The lowest BCUT2D eigenvalue weighted by Gasteiger charge is -2.13. The van der Waals surface area contributed by atoms with Crippen molar-refractivity contribution in [2.75, 3.05) is 26.1 Å². The smallest absolute Gasteiger partial charge is 0.306 e. The van der Waals surface area contributed by atoms with E-state index >= 15 is 0 Å². The second-order valence-corrected chi connectivity index (χ2v) is 7.51. The standard InChI is InChI=1S/C22H31N5O4/c1-6-14(2)31-20(28)10-8-7-9-11-23-21-22-26-25-15(3)27(22)17-13-19(30-5)18(29-4)12-16(17)24-21/h12-14H,6-11H2,1-5H3,(H,23,24). The third-order valence-electron chi connectivity index (χ3n) is 5.25. The number of aromatic nitrogens is 4. The van der Waals surface area contributed by atoms with Gasteiger partial charge in [-0.1, -0.05) is 13.3 Å². The molecule has 1 aromatic carbocycles. The number of hydrogen-bond acceptors (Lipinski definition) is 8. The molecule has 0 aliphatic carbocycles. The summed E-state index contributed by atoms with van der Waals surface area (Å²) in [5.41, 5.74) is 2.26. The van der Waals surface area contributed by atoms with Gasteiger partial charge in [-0.05, 0) is 33.1 Å². The number of esters is 1. The molecule has 0 aliphatic rings. The van der Waals surface area contributed by atoms with Gasteiger partial charge < -0.3 is 19.5 Å². The van der Waals surface area contributed by atoms with E-state index in [-0.39, 0.29) is 12.1 Å². The van der Waals surface area contributed by atoms with Crippen molar-refractivity contribution in [1.29, 1.82) is 0 Å². The topological polar surface area (TPSA) is 99.9 Å². The Morgan fingerprint density at radius 3 is 2.58 bits per heavy atom. The van der Waals surface area contributed by atoms with Crippen LogP contribution in [-0.2, 0) is 9.53 Å². The highest BCUT2D eigenvalue weighted by atomic mass is 16.5. The number of anilines is 1. The average Bonchev–Trinajstić information content (AvgIpc) is 3.16. The fourth-order valence-corrected chi connectivity index (χ4v) is 3.36. The number of nitrogens with one attached hydrogen (secondary N) is 1. The Morgan fingerprint density at radius 2 is 1.87 bits per heavy atom. The number of aryl methyl sites for hydroxylation is 1. The highest BCUT2D eigenvalue weighted by Gasteiger charge is 2.16. The molecule has 3 rings (SSSR count). The van der Waals surface area contributed by atoms with Gasteiger partial charge in [0.15, 0.2) is 17.3 Å². The fourth-order valence-electron chi connectivity index (χ4n) is 3.36. The molecule has 0 aliphatic heterocycles. The first-order valence-corrected chi connectivity index (χ1v) is 10.7. The van der Waals surface area contributed by atoms with Gasteiger partial charge in [-0.25, -0.2) is 4.98 Å². The van der Waals surface area contributed by atoms with Crippen LogP contribution in [0.3, 0.4) is 0 Å². The Kier molecular flexibility index (Phi) is 7.49. The predicted molar refractivity (Wildman–Crippen MR) is 119 cm³/mol. The van der Waals surface area contributed by atoms with Crippen molar-refractivity contribution in [2.24, 2.45) is 0 Å². The molecule has 3 aromatic rings. The molecule has 2 aromatic heterocycles. The first kappa shape index (κ1) is 22.6. The molecule has 1 N–H and O–H groups in total. The average molecular weight is 430 g/mol. The Morgan fingerprint density at radius 1 is 1.13 bits per heavy atom. The first-order chi connectivity index (χ1) is 15.0. The highest BCUT2D eigenvalue weighted by molar-refractivity contribution is 5.85. The van der Waals surface area contributed by atoms with Gasteiger partial charge in [0.2, 0.25) is 5.65 Å². The fraction of sp³-hybridized carbons (Fsp3) is 0.545. The summed E-state index contributed by atoms with van der Waals surface area (Å²) in [5, 5.41) is 11.9. The van der Waals surface area contributed by atoms with Crippen molar-refractivity contribution < 1.29 is 19.0 Å². The van der Waals surface area contributed by atoms with Crippen LogP contribution in [0.25, 0.3) is 16.7 Å². The molecular weight excluding hydrogens is 398 g/mol. The van der Waals surface area contributed by atoms with Crippen LogP contribution in [0.5, 0.6) is 11.5 Å². The molecule has 0 fully saturated rings. The van der Waals surface area contributed by atoms with Crippen molar-refractivity contribution in [3.8, 4) is 11.5 Å². The number of methoxy groups -OCH3 is 2. The lowest BCUT2D eigenvalue weighted by atomic mass is 10.2. The van der Waals surface area contributed by atoms with Crippen LogP contribution in [0.1, 0.15) is 51.8 Å². The number of unbranched alkanes of at least 4 members (excludes halogenated alkanes) is 2. The molecule has 2 heterocycles. The molecule has 9 nitrogen and oxygen atoms in total. The van der Waals surface area contributed by atoms with Crippen LogP contribution < -0.4 is 14.8 Å². The molecule has 0 saturated carbocycles. The zero-order valence-electron chi connectivity index (χ0n) is 18.9. The number of benzene rings is 1. The Balaban J connectivity index is 1.67. The second kappa shape index (κ2) is 10.3. The summed E-state index contributed by atoms with van der Waals surface area (Å²) in [5.74, 6) is 2.54. The van der Waals surface area contributed by atoms with Gasteiger partial charge in [-0.3, -0.25) is 9.20 Å². The maximum absolute atomic E-state index is 11.8. The van der Waals surface area contributed by atoms with E-state index in [1.54, 1.807) is 14.2 Å². The van der Waals surface area contributed by atoms with Crippen molar-refractivity contribution in [2.45, 2.75) is 59.0 Å². The molecule has 0 radical (unpaired) electrons. The Bertz CT molecular complexity index is 1050. The number of ether oxygens (including phenoxy) is 3. The lowest BCUT2D eigenvalue weighted by molar-refractivity contribution is -0.148. The van der Waals surface area contributed by atoms with E-state index in [0.717, 1.165) is 42.5 Å². The van der Waals surface area contributed by atoms with E-state index in [9.17, 15) is 4.79 Å². The molecule has 1 unspecified atom stereocenters. The SMILES string of the molecule is CCC(C)OC(=O)CCCCCNc1nc2cc(OC)c(OC)cc2n2c(C)nnc12. The number of hydrogen-bond donors (Lipinski definition) is 1. The number of nitrogens with zero attached hydrogens (tertiary/aromatic N) is 4. The highest BCUT2D eigenvalue weighted by Crippen LogP contribution is 2.33. The predicted octanol–water partition coefficient (Wildman–Crippen LogP) is 3.92. The summed E-state index contributed by atoms with van der Waals surface area (Å²) < 4.78 is 18.1. The molecular formula is C22H31N5O4. The zero-order valence-corrected chi connectivity index (χ0v) is 18.9. The van der Waals surface area contributed by atoms with E-state index in [1.807, 2.05) is 37.3 Å². The molecule has 0 saturated heterocycles. The quantitative estimate of drug-likeness (QED) is 0.362. The Hall–Kier alpha value is -3.10. The van der Waals surface area contributed by atoms with E-state index in [4.69, 9.17) is 19.2 Å². The van der Waals surface area contributed by atoms with Crippen LogP contribution >= 0.6 is 0 Å². The van der Waals surface area contributed by atoms with E-state index in [1.165, 1.54) is 0 Å². The minimum atomic E-state index is -0.122. The molecule has 1 atom stereocenters. The summed E-state index contributed by atoms with van der Waals surface area (Å²) in [6, 6.07) is 3.73. The maximum Gasteiger partial charge on any atom is 0.306 e. The van der Waals surface area contributed by atoms with Gasteiger partial charge in [0.25, 0.3) is 0 Å². The molecule has 168 valence electrons. The maximum atomic E-state index is 11.8. The number of rotatable bonds is 11. The molecule has 0 amide bonds. The van der Waals surface area contributed by atoms with E-state index in [0.29, 0.717) is 35.9 Å². The van der Waals surface area contributed by atoms with Crippen LogP contribution in [0.4, 0.5) is 5.82 Å². The normalized spacial score (nSPS) is 12.2. The van der Waals surface area contributed by atoms with Crippen LogP contribution in [0.2, 0.25) is 0 Å². The van der Waals surface area contributed by atoms with Gasteiger partial charge in [0.1, 0.15) is 5.82 Å². The zero-order chi connectivity index (χ0) is 22.4. The third kappa shape index (κ3) is 5.15. The molecule has 9 heteroatoms. The monoisotopic (exact) mass is 429 g/mol. The van der Waals surface area contributed by atoms with Crippen molar-refractivity contribution in [3.63, 3.8) is 0 Å². The minimum Gasteiger partial charge on any atom is -0.493 e. The van der Waals surface area contributed by atoms with Crippen LogP contribution in [0, 0.1) is 6.92 Å². The Labute approximate surface area is 182 Å². The lowest BCUT2D eigenvalue weighted by Crippen LogP contribution is -2.13. The molecule has 0 spiro atoms. The number of carbonyl (C=O) groups is 1. The third-order valence-corrected chi connectivity index (χ3v) is 5.25. The van der Waals surface area contributed by atoms with Crippen molar-refractivity contribution >= 4 is 28.5 Å². The number of fused-ring (bicyclic) bond motifs is 3. The van der Waals surface area contributed by atoms with Crippen LogP contribution in [-0.4, -0.2) is 52.4 Å². The van der Waals surface area contributed by atoms with Crippen molar-refractivity contribution in [3.05, 3.63) is 18.0 Å². The minimum absolute atomic E-state index is 0.0132. The first-order valence-electron chi connectivity index (χ1n) is 10.7. The van der Waals surface area contributed by atoms with Gasteiger partial charge in [0.05, 0.1) is 31.4 Å². The van der Waals surface area contributed by atoms with Gasteiger partial charge in [-0.15, -0.1) is 10.2 Å². The van der Waals surface area contributed by atoms with Crippen LogP contribution in [0.15, 0.2) is 12.1 Å². The summed E-state index contributed by atoms with van der Waals surface area (Å²) in [7, 11) is 3.21. The van der Waals surface area contributed by atoms with Gasteiger partial charge in [0, 0.05) is 25.1 Å². The largest absolute Gasteiger partial charge is 0.493 e. The van der Waals surface area contributed by atoms with Gasteiger partial charge >= 0.3 is 5.97 Å². The number of carbonyl (C=O) groups excluding carboxylic acids is 1. The van der Waals surface area contributed by atoms with Crippen molar-refractivity contribution in [1.82, 2.24) is 19.6 Å². The summed E-state index contributed by atoms with van der Waals surface area (Å²) >= 11 is 0. The molecule has 31 heavy (non-hydrogen) atoms.